The summed E-state index contributed by atoms with van der Waals surface area (Å²) >= 11 is 1.53. The first-order chi connectivity index (χ1) is 16.6. The lowest BCUT2D eigenvalue weighted by Gasteiger charge is -2.36. The minimum atomic E-state index is 0.166. The van der Waals surface area contributed by atoms with E-state index in [-0.39, 0.29) is 11.9 Å². The highest BCUT2D eigenvalue weighted by Gasteiger charge is 2.43. The molecule has 0 N–H and O–H groups in total. The first kappa shape index (κ1) is 21.4. The summed E-state index contributed by atoms with van der Waals surface area (Å²) in [5.41, 5.74) is 6.73. The Hall–Kier alpha value is -3.09. The molecular formula is C28H28N4OS. The van der Waals surface area contributed by atoms with E-state index < -0.39 is 0 Å². The number of aryl methyl sites for hydroxylation is 1. The molecule has 2 aliphatic rings. The van der Waals surface area contributed by atoms with Crippen LogP contribution in [0.4, 0.5) is 5.69 Å². The van der Waals surface area contributed by atoms with E-state index in [1.807, 2.05) is 36.4 Å². The number of imidazole rings is 1. The van der Waals surface area contributed by atoms with Gasteiger partial charge in [-0.2, -0.15) is 0 Å². The van der Waals surface area contributed by atoms with Crippen LogP contribution >= 0.6 is 11.8 Å². The summed E-state index contributed by atoms with van der Waals surface area (Å²) in [6.45, 7) is 4.16. The molecule has 34 heavy (non-hydrogen) atoms. The molecule has 172 valence electrons. The molecule has 6 rings (SSSR count). The summed E-state index contributed by atoms with van der Waals surface area (Å²) < 4.78 is 2.16. The van der Waals surface area contributed by atoms with Crippen LogP contribution < -0.4 is 4.90 Å². The van der Waals surface area contributed by atoms with Gasteiger partial charge in [0.1, 0.15) is 0 Å². The van der Waals surface area contributed by atoms with Gasteiger partial charge >= 0.3 is 0 Å². The number of carbonyl (C=O) groups excluding carboxylic acids is 1. The van der Waals surface area contributed by atoms with Gasteiger partial charge in [0, 0.05) is 29.9 Å². The molecule has 3 heterocycles. The van der Waals surface area contributed by atoms with Crippen LogP contribution in [0.15, 0.2) is 78.0 Å². The molecule has 0 radical (unpaired) electrons. The normalized spacial score (nSPS) is 19.9. The van der Waals surface area contributed by atoms with Crippen molar-refractivity contribution in [3.63, 3.8) is 0 Å². The number of carbonyl (C=O) groups is 1. The average Bonchev–Trinajstić information content (AvgIpc) is 3.38. The Morgan fingerprint density at radius 3 is 2.71 bits per heavy atom. The molecular weight excluding hydrogens is 440 g/mol. The minimum absolute atomic E-state index is 0.166. The van der Waals surface area contributed by atoms with Crippen LogP contribution in [0.2, 0.25) is 0 Å². The maximum absolute atomic E-state index is 13.7. The Balaban J connectivity index is 1.31. The Morgan fingerprint density at radius 1 is 1.06 bits per heavy atom. The number of benzene rings is 3. The van der Waals surface area contributed by atoms with Gasteiger partial charge in [0.25, 0.3) is 0 Å². The van der Waals surface area contributed by atoms with Crippen LogP contribution in [-0.4, -0.2) is 52.3 Å². The molecule has 5 nitrogen and oxygen atoms in total. The number of likely N-dealkylation sites (N-methyl/N-ethyl adjacent to an activating group) is 1. The standard InChI is InChI=1S/C28H28N4OS/c1-19-12-13-24-21(16-19)22-17-30(2)15-14-25(22)32(24)27(33)18-34-28-29-23-10-6-7-11-26(23)31(28)20-8-4-3-5-9-20/h3-13,16,22,25H,14-15,17-18H2,1-2H3/t22-,25+/m0/s1. The number of anilines is 1. The molecule has 3 aromatic carbocycles. The van der Waals surface area contributed by atoms with E-state index in [1.54, 1.807) is 0 Å². The van der Waals surface area contributed by atoms with E-state index in [2.05, 4.69) is 64.7 Å². The predicted octanol–water partition coefficient (Wildman–Crippen LogP) is 5.26. The molecule has 0 saturated carbocycles. The highest BCUT2D eigenvalue weighted by atomic mass is 32.2. The fourth-order valence-corrected chi connectivity index (χ4v) is 6.42. The summed E-state index contributed by atoms with van der Waals surface area (Å²) in [6, 6.07) is 25.2. The average molecular weight is 469 g/mol. The molecule has 0 aliphatic carbocycles. The number of para-hydroxylation sites is 3. The van der Waals surface area contributed by atoms with E-state index >= 15 is 0 Å². The molecule has 2 atom stereocenters. The number of rotatable bonds is 4. The number of fused-ring (bicyclic) bond motifs is 4. The topological polar surface area (TPSA) is 41.4 Å². The Labute approximate surface area is 204 Å². The summed E-state index contributed by atoms with van der Waals surface area (Å²) in [5.74, 6) is 0.915. The fourth-order valence-electron chi connectivity index (χ4n) is 5.53. The number of nitrogens with zero attached hydrogens (tertiary/aromatic N) is 4. The zero-order valence-corrected chi connectivity index (χ0v) is 20.3. The van der Waals surface area contributed by atoms with Gasteiger partial charge in [0.15, 0.2) is 5.16 Å². The van der Waals surface area contributed by atoms with Crippen molar-refractivity contribution in [1.82, 2.24) is 14.5 Å². The van der Waals surface area contributed by atoms with Crippen molar-refractivity contribution in [2.75, 3.05) is 30.8 Å². The number of likely N-dealkylation sites (tertiary alicyclic amines) is 1. The van der Waals surface area contributed by atoms with Gasteiger partial charge in [0.05, 0.1) is 16.8 Å². The van der Waals surface area contributed by atoms with Crippen LogP contribution in [0, 0.1) is 6.92 Å². The van der Waals surface area contributed by atoms with Crippen molar-refractivity contribution in [2.24, 2.45) is 0 Å². The first-order valence-electron chi connectivity index (χ1n) is 11.9. The van der Waals surface area contributed by atoms with E-state index in [0.717, 1.165) is 47.1 Å². The third kappa shape index (κ3) is 3.62. The zero-order valence-electron chi connectivity index (χ0n) is 19.5. The lowest BCUT2D eigenvalue weighted by molar-refractivity contribution is -0.116. The summed E-state index contributed by atoms with van der Waals surface area (Å²) in [5, 5.41) is 0.851. The van der Waals surface area contributed by atoms with Crippen LogP contribution in [0.1, 0.15) is 23.5 Å². The highest BCUT2D eigenvalue weighted by Crippen LogP contribution is 2.45. The molecule has 0 unspecified atom stereocenters. The van der Waals surface area contributed by atoms with Gasteiger partial charge in [-0.25, -0.2) is 4.98 Å². The summed E-state index contributed by atoms with van der Waals surface area (Å²) in [6.07, 6.45) is 1.01. The number of thioether (sulfide) groups is 1. The van der Waals surface area contributed by atoms with Crippen LogP contribution in [0.3, 0.4) is 0 Å². The largest absolute Gasteiger partial charge is 0.308 e. The van der Waals surface area contributed by atoms with Gasteiger partial charge in [-0.05, 0) is 62.8 Å². The van der Waals surface area contributed by atoms with E-state index in [9.17, 15) is 4.79 Å². The summed E-state index contributed by atoms with van der Waals surface area (Å²) in [4.78, 5) is 23.1. The SMILES string of the molecule is Cc1ccc2c(c1)[C@@H]1CN(C)CC[C@H]1N2C(=O)CSc1nc2ccccc2n1-c1ccccc1. The molecule has 0 spiro atoms. The van der Waals surface area contributed by atoms with Gasteiger partial charge < -0.3 is 9.80 Å². The second kappa shape index (κ2) is 8.60. The van der Waals surface area contributed by atoms with Crippen molar-refractivity contribution in [1.29, 1.82) is 0 Å². The lowest BCUT2D eigenvalue weighted by atomic mass is 9.89. The van der Waals surface area contributed by atoms with Crippen LogP contribution in [0.5, 0.6) is 0 Å². The van der Waals surface area contributed by atoms with Gasteiger partial charge in [-0.1, -0.05) is 59.8 Å². The molecule has 1 amide bonds. The van der Waals surface area contributed by atoms with Gasteiger partial charge in [0.2, 0.25) is 5.91 Å². The minimum Gasteiger partial charge on any atom is -0.308 e. The Kier molecular flexibility index (Phi) is 5.42. The number of hydrogen-bond donors (Lipinski definition) is 0. The number of piperidine rings is 1. The number of amides is 1. The number of hydrogen-bond acceptors (Lipinski definition) is 4. The second-order valence-corrected chi connectivity index (χ2v) is 10.3. The molecule has 4 aromatic rings. The van der Waals surface area contributed by atoms with E-state index in [0.29, 0.717) is 11.7 Å². The fraction of sp³-hybridized carbons (Fsp3) is 0.286. The monoisotopic (exact) mass is 468 g/mol. The molecule has 6 heteroatoms. The smallest absolute Gasteiger partial charge is 0.237 e. The third-order valence-electron chi connectivity index (χ3n) is 7.09. The first-order valence-corrected chi connectivity index (χ1v) is 12.9. The summed E-state index contributed by atoms with van der Waals surface area (Å²) in [7, 11) is 2.18. The van der Waals surface area contributed by atoms with Crippen molar-refractivity contribution < 1.29 is 4.79 Å². The zero-order chi connectivity index (χ0) is 23.2. The quantitative estimate of drug-likeness (QED) is 0.383. The maximum atomic E-state index is 13.7. The molecule has 1 aromatic heterocycles. The molecule has 1 saturated heterocycles. The van der Waals surface area contributed by atoms with E-state index in [1.165, 1.54) is 22.9 Å². The van der Waals surface area contributed by atoms with Gasteiger partial charge in [-0.3, -0.25) is 9.36 Å². The number of aromatic nitrogens is 2. The van der Waals surface area contributed by atoms with Gasteiger partial charge in [-0.15, -0.1) is 0 Å². The third-order valence-corrected chi connectivity index (χ3v) is 8.01. The maximum Gasteiger partial charge on any atom is 0.237 e. The van der Waals surface area contributed by atoms with Crippen molar-refractivity contribution in [3.05, 3.63) is 83.9 Å². The molecule has 0 bridgehead atoms. The second-order valence-electron chi connectivity index (χ2n) is 9.39. The highest BCUT2D eigenvalue weighted by molar-refractivity contribution is 7.99. The predicted molar refractivity (Wildman–Crippen MR) is 139 cm³/mol. The Bertz CT molecular complexity index is 1370. The van der Waals surface area contributed by atoms with Crippen molar-refractivity contribution in [3.8, 4) is 5.69 Å². The van der Waals surface area contributed by atoms with Crippen molar-refractivity contribution >= 4 is 34.4 Å². The van der Waals surface area contributed by atoms with E-state index in [4.69, 9.17) is 4.98 Å². The Morgan fingerprint density at radius 2 is 1.85 bits per heavy atom. The lowest BCUT2D eigenvalue weighted by Crippen LogP contribution is -2.47. The molecule has 1 fully saturated rings. The van der Waals surface area contributed by atoms with Crippen LogP contribution in [0.25, 0.3) is 16.7 Å². The van der Waals surface area contributed by atoms with Crippen molar-refractivity contribution in [2.45, 2.75) is 30.5 Å². The molecule has 2 aliphatic heterocycles. The van der Waals surface area contributed by atoms with Crippen LogP contribution in [-0.2, 0) is 4.79 Å².